The van der Waals surface area contributed by atoms with Gasteiger partial charge in [-0.3, -0.25) is 4.79 Å². The van der Waals surface area contributed by atoms with Gasteiger partial charge in [-0.15, -0.1) is 0 Å². The highest BCUT2D eigenvalue weighted by Crippen LogP contribution is 2.24. The summed E-state index contributed by atoms with van der Waals surface area (Å²) in [4.78, 5) is 12.5. The molecule has 1 amide bonds. The largest absolute Gasteiger partial charge is 0.508 e. The first-order valence-electron chi connectivity index (χ1n) is 9.77. The van der Waals surface area contributed by atoms with E-state index in [1.807, 2.05) is 6.92 Å². The highest BCUT2D eigenvalue weighted by Gasteiger charge is 2.28. The minimum atomic E-state index is -4.17. The Morgan fingerprint density at radius 3 is 2.52 bits per heavy atom. The number of nitrogens with zero attached hydrogens (tertiary/aromatic N) is 2. The van der Waals surface area contributed by atoms with Crippen LogP contribution in [-0.4, -0.2) is 36.5 Å². The maximum Gasteiger partial charge on any atom is 0.255 e. The van der Waals surface area contributed by atoms with Gasteiger partial charge in [-0.25, -0.2) is 18.2 Å². The third kappa shape index (κ3) is 6.38. The monoisotopic (exact) mass is 489 g/mol. The molecule has 0 unspecified atom stereocenters. The predicted octanol–water partition coefficient (Wildman–Crippen LogP) is 3.83. The number of sulfonamides is 1. The molecular formula is C23H21ClFN3O4S. The molecule has 0 saturated heterocycles. The van der Waals surface area contributed by atoms with Crippen LogP contribution in [-0.2, 0) is 21.4 Å². The molecule has 0 bridgehead atoms. The zero-order valence-corrected chi connectivity index (χ0v) is 19.1. The number of hydrazone groups is 1. The maximum atomic E-state index is 14.4. The molecule has 0 aromatic heterocycles. The van der Waals surface area contributed by atoms with Crippen LogP contribution in [0, 0.1) is 12.7 Å². The summed E-state index contributed by atoms with van der Waals surface area (Å²) in [5.74, 6) is -1.40. The zero-order valence-electron chi connectivity index (χ0n) is 17.6. The van der Waals surface area contributed by atoms with Gasteiger partial charge in [-0.2, -0.15) is 9.41 Å². The van der Waals surface area contributed by atoms with Crippen LogP contribution in [0.15, 0.2) is 76.7 Å². The lowest BCUT2D eigenvalue weighted by Crippen LogP contribution is -2.39. The number of hydrogen-bond acceptors (Lipinski definition) is 5. The first-order valence-corrected chi connectivity index (χ1v) is 11.6. The molecule has 2 N–H and O–H groups in total. The van der Waals surface area contributed by atoms with Gasteiger partial charge in [0.1, 0.15) is 11.6 Å². The highest BCUT2D eigenvalue weighted by atomic mass is 35.5. The van der Waals surface area contributed by atoms with Gasteiger partial charge in [0.15, 0.2) is 0 Å². The third-order valence-electron chi connectivity index (χ3n) is 4.65. The summed E-state index contributed by atoms with van der Waals surface area (Å²) in [6.07, 6.45) is 1.30. The van der Waals surface area contributed by atoms with Crippen LogP contribution in [0.25, 0.3) is 0 Å². The van der Waals surface area contributed by atoms with E-state index < -0.39 is 34.8 Å². The topological polar surface area (TPSA) is 99.1 Å². The predicted molar refractivity (Wildman–Crippen MR) is 124 cm³/mol. The number of carbonyl (C=O) groups excluding carboxylic acids is 1. The van der Waals surface area contributed by atoms with Gasteiger partial charge in [0.2, 0.25) is 10.0 Å². The quantitative estimate of drug-likeness (QED) is 0.371. The van der Waals surface area contributed by atoms with Crippen LogP contribution < -0.4 is 5.43 Å². The number of aromatic hydroxyl groups is 1. The first-order chi connectivity index (χ1) is 15.7. The smallest absolute Gasteiger partial charge is 0.255 e. The summed E-state index contributed by atoms with van der Waals surface area (Å²) in [6.45, 7) is 0.731. The Morgan fingerprint density at radius 1 is 1.15 bits per heavy atom. The summed E-state index contributed by atoms with van der Waals surface area (Å²) in [5.41, 5.74) is 3.58. The van der Waals surface area contributed by atoms with E-state index in [1.54, 1.807) is 24.3 Å². The van der Waals surface area contributed by atoms with Crippen molar-refractivity contribution in [3.05, 3.63) is 94.3 Å². The highest BCUT2D eigenvalue weighted by molar-refractivity contribution is 7.89. The second-order valence-electron chi connectivity index (χ2n) is 7.17. The van der Waals surface area contributed by atoms with Crippen molar-refractivity contribution in [1.82, 2.24) is 9.73 Å². The third-order valence-corrected chi connectivity index (χ3v) is 6.81. The Kier molecular flexibility index (Phi) is 7.80. The normalized spacial score (nSPS) is 11.8. The van der Waals surface area contributed by atoms with Gasteiger partial charge >= 0.3 is 0 Å². The number of rotatable bonds is 8. The second-order valence-corrected chi connectivity index (χ2v) is 9.52. The molecule has 0 radical (unpaired) electrons. The first kappa shape index (κ1) is 24.4. The Hall–Kier alpha value is -3.27. The second kappa shape index (κ2) is 10.6. The molecule has 10 heteroatoms. The fourth-order valence-electron chi connectivity index (χ4n) is 2.92. The van der Waals surface area contributed by atoms with Crippen molar-refractivity contribution < 1.29 is 22.7 Å². The van der Waals surface area contributed by atoms with Crippen molar-refractivity contribution in [2.24, 2.45) is 5.10 Å². The molecule has 0 aliphatic rings. The number of nitrogens with one attached hydrogen (secondary N) is 1. The Bertz CT molecular complexity index is 1260. The van der Waals surface area contributed by atoms with Crippen LogP contribution in [0.3, 0.4) is 0 Å². The van der Waals surface area contributed by atoms with E-state index in [0.717, 1.165) is 15.9 Å². The van der Waals surface area contributed by atoms with Crippen LogP contribution in [0.5, 0.6) is 5.75 Å². The van der Waals surface area contributed by atoms with Gasteiger partial charge in [0.25, 0.3) is 5.91 Å². The van der Waals surface area contributed by atoms with Crippen molar-refractivity contribution in [1.29, 1.82) is 0 Å². The summed E-state index contributed by atoms with van der Waals surface area (Å²) < 4.78 is 41.7. The summed E-state index contributed by atoms with van der Waals surface area (Å²) in [7, 11) is -4.17. The number of aryl methyl sites for hydroxylation is 1. The lowest BCUT2D eigenvalue weighted by Gasteiger charge is -2.22. The van der Waals surface area contributed by atoms with Crippen LogP contribution in [0.4, 0.5) is 4.39 Å². The van der Waals surface area contributed by atoms with Crippen LogP contribution in [0.1, 0.15) is 16.7 Å². The van der Waals surface area contributed by atoms with E-state index in [4.69, 9.17) is 11.6 Å². The van der Waals surface area contributed by atoms with Crippen molar-refractivity contribution in [3.63, 3.8) is 0 Å². The average Bonchev–Trinajstić information content (AvgIpc) is 2.76. The summed E-state index contributed by atoms with van der Waals surface area (Å²) in [5, 5.41) is 13.3. The molecule has 0 spiro atoms. The molecule has 0 saturated carbocycles. The van der Waals surface area contributed by atoms with Crippen molar-refractivity contribution >= 4 is 33.7 Å². The van der Waals surface area contributed by atoms with E-state index in [0.29, 0.717) is 5.56 Å². The standard InChI is InChI=1S/C23H21ClFN3O4S/c1-16-8-10-19(11-9-16)33(31,32)28(14-20-21(24)6-3-7-22(20)25)15-23(30)27-26-13-17-4-2-5-18(29)12-17/h2-13,29H,14-15H2,1H3,(H,27,30)/b26-13-. The van der Waals surface area contributed by atoms with Crippen LogP contribution in [0.2, 0.25) is 5.02 Å². The summed E-state index contributed by atoms with van der Waals surface area (Å²) >= 11 is 6.09. The molecule has 33 heavy (non-hydrogen) atoms. The SMILES string of the molecule is Cc1ccc(S(=O)(=O)N(CC(=O)N/N=C\c2cccc(O)c2)Cc2c(F)cccc2Cl)cc1. The molecule has 7 nitrogen and oxygen atoms in total. The molecule has 3 aromatic carbocycles. The molecule has 0 atom stereocenters. The minimum Gasteiger partial charge on any atom is -0.508 e. The Morgan fingerprint density at radius 2 is 1.85 bits per heavy atom. The molecule has 3 rings (SSSR count). The summed E-state index contributed by atoms with van der Waals surface area (Å²) in [6, 6.07) is 16.3. The number of hydrogen-bond donors (Lipinski definition) is 2. The maximum absolute atomic E-state index is 14.4. The molecule has 0 aliphatic carbocycles. The average molecular weight is 490 g/mol. The van der Waals surface area contributed by atoms with Gasteiger partial charge in [0, 0.05) is 17.1 Å². The fourth-order valence-corrected chi connectivity index (χ4v) is 4.51. The van der Waals surface area contributed by atoms with Gasteiger partial charge in [-0.1, -0.05) is 47.5 Å². The lowest BCUT2D eigenvalue weighted by molar-refractivity contribution is -0.121. The van der Waals surface area contributed by atoms with E-state index >= 15 is 0 Å². The number of amides is 1. The number of halogens is 2. The van der Waals surface area contributed by atoms with Gasteiger partial charge < -0.3 is 5.11 Å². The zero-order chi connectivity index (χ0) is 24.0. The molecule has 3 aromatic rings. The number of phenolic OH excluding ortho intramolecular Hbond substituents is 1. The van der Waals surface area contributed by atoms with Crippen molar-refractivity contribution in [2.75, 3.05) is 6.54 Å². The van der Waals surface area contributed by atoms with Gasteiger partial charge in [-0.05, 0) is 48.9 Å². The molecule has 0 fully saturated rings. The van der Waals surface area contributed by atoms with Gasteiger partial charge in [0.05, 0.1) is 17.7 Å². The fraction of sp³-hybridized carbons (Fsp3) is 0.130. The Balaban J connectivity index is 1.84. The number of benzene rings is 3. The molecule has 0 heterocycles. The molecule has 172 valence electrons. The minimum absolute atomic E-state index is 0.0300. The van der Waals surface area contributed by atoms with Crippen molar-refractivity contribution in [2.45, 2.75) is 18.4 Å². The van der Waals surface area contributed by atoms with E-state index in [-0.39, 0.29) is 21.2 Å². The van der Waals surface area contributed by atoms with E-state index in [2.05, 4.69) is 10.5 Å². The van der Waals surface area contributed by atoms with E-state index in [9.17, 15) is 22.7 Å². The van der Waals surface area contributed by atoms with Crippen LogP contribution >= 0.6 is 11.6 Å². The number of carbonyl (C=O) groups is 1. The Labute approximate surface area is 196 Å². The van der Waals surface area contributed by atoms with E-state index in [1.165, 1.54) is 42.6 Å². The molecule has 0 aliphatic heterocycles. The van der Waals surface area contributed by atoms with Crippen molar-refractivity contribution in [3.8, 4) is 5.75 Å². The number of phenols is 1. The lowest BCUT2D eigenvalue weighted by atomic mass is 10.2. The molecular weight excluding hydrogens is 469 g/mol.